The summed E-state index contributed by atoms with van der Waals surface area (Å²) in [5, 5.41) is 9.47. The zero-order valence-corrected chi connectivity index (χ0v) is 11.8. The first-order valence-electron chi connectivity index (χ1n) is 6.23. The fourth-order valence-corrected chi connectivity index (χ4v) is 2.09. The van der Waals surface area contributed by atoms with E-state index in [1.165, 1.54) is 0 Å². The van der Waals surface area contributed by atoms with Crippen LogP contribution in [0.4, 0.5) is 0 Å². The number of methoxy groups -OCH3 is 3. The molecule has 0 fully saturated rings. The van der Waals surface area contributed by atoms with E-state index < -0.39 is 0 Å². The van der Waals surface area contributed by atoms with E-state index in [-0.39, 0.29) is 6.61 Å². The summed E-state index contributed by atoms with van der Waals surface area (Å²) >= 11 is 0. The number of ether oxygens (including phenoxy) is 3. The van der Waals surface area contributed by atoms with Crippen molar-refractivity contribution < 1.29 is 19.3 Å². The maximum Gasteiger partial charge on any atom is 0.161 e. The fourth-order valence-electron chi connectivity index (χ4n) is 2.09. The number of hydrogen-bond donors (Lipinski definition) is 1. The lowest BCUT2D eigenvalue weighted by molar-refractivity contribution is 0.282. The quantitative estimate of drug-likeness (QED) is 0.910. The minimum atomic E-state index is -0.0341. The largest absolute Gasteiger partial charge is 0.497 e. The van der Waals surface area contributed by atoms with Crippen molar-refractivity contribution in [2.75, 3.05) is 21.3 Å². The van der Waals surface area contributed by atoms with Gasteiger partial charge in [-0.25, -0.2) is 0 Å². The molecule has 1 N–H and O–H groups in total. The molecule has 0 bridgehead atoms. The summed E-state index contributed by atoms with van der Waals surface area (Å²) in [5.41, 5.74) is 2.68. The first-order chi connectivity index (χ1) is 9.73. The highest BCUT2D eigenvalue weighted by atomic mass is 16.5. The molecular weight excluding hydrogens is 256 g/mol. The molecule has 0 amide bonds. The molecule has 0 saturated carbocycles. The maximum atomic E-state index is 9.47. The van der Waals surface area contributed by atoms with Gasteiger partial charge in [-0.2, -0.15) is 0 Å². The van der Waals surface area contributed by atoms with Crippen LogP contribution >= 0.6 is 0 Å². The molecular formula is C16H18O4. The first-order valence-corrected chi connectivity index (χ1v) is 6.23. The molecule has 0 atom stereocenters. The molecule has 0 aliphatic carbocycles. The Morgan fingerprint density at radius 3 is 2.20 bits per heavy atom. The average molecular weight is 274 g/mol. The van der Waals surface area contributed by atoms with Crippen LogP contribution in [0.2, 0.25) is 0 Å². The van der Waals surface area contributed by atoms with Gasteiger partial charge in [0.2, 0.25) is 0 Å². The molecule has 0 aromatic heterocycles. The smallest absolute Gasteiger partial charge is 0.161 e. The molecule has 2 rings (SSSR count). The summed E-state index contributed by atoms with van der Waals surface area (Å²) in [4.78, 5) is 0. The second-order valence-electron chi connectivity index (χ2n) is 4.25. The molecule has 0 heterocycles. The molecule has 0 spiro atoms. The number of hydrogen-bond acceptors (Lipinski definition) is 4. The van der Waals surface area contributed by atoms with Crippen molar-refractivity contribution in [3.8, 4) is 28.4 Å². The van der Waals surface area contributed by atoms with Gasteiger partial charge >= 0.3 is 0 Å². The highest BCUT2D eigenvalue weighted by Crippen LogP contribution is 2.35. The predicted molar refractivity (Wildman–Crippen MR) is 77.5 cm³/mol. The third-order valence-corrected chi connectivity index (χ3v) is 3.18. The van der Waals surface area contributed by atoms with Crippen molar-refractivity contribution in [3.05, 3.63) is 42.0 Å². The Balaban J connectivity index is 2.55. The highest BCUT2D eigenvalue weighted by Gasteiger charge is 2.10. The molecule has 0 aliphatic rings. The van der Waals surface area contributed by atoms with E-state index in [0.717, 1.165) is 22.4 Å². The Labute approximate surface area is 118 Å². The Hall–Kier alpha value is -2.20. The van der Waals surface area contributed by atoms with E-state index in [4.69, 9.17) is 14.2 Å². The van der Waals surface area contributed by atoms with Crippen molar-refractivity contribution in [1.82, 2.24) is 0 Å². The fraction of sp³-hybridized carbons (Fsp3) is 0.250. The third kappa shape index (κ3) is 2.70. The average Bonchev–Trinajstić information content (AvgIpc) is 2.53. The second kappa shape index (κ2) is 6.30. The van der Waals surface area contributed by atoms with Gasteiger partial charge in [-0.05, 0) is 41.0 Å². The van der Waals surface area contributed by atoms with Gasteiger partial charge in [0.1, 0.15) is 5.75 Å². The van der Waals surface area contributed by atoms with E-state index >= 15 is 0 Å². The van der Waals surface area contributed by atoms with Crippen molar-refractivity contribution in [3.63, 3.8) is 0 Å². The van der Waals surface area contributed by atoms with E-state index in [1.54, 1.807) is 21.3 Å². The summed E-state index contributed by atoms with van der Waals surface area (Å²) in [6, 6.07) is 11.2. The summed E-state index contributed by atoms with van der Waals surface area (Å²) in [7, 11) is 4.81. The standard InChI is InChI=1S/C16H18O4/c1-18-13-6-4-12(10-17)14(9-13)11-5-7-15(19-2)16(8-11)20-3/h4-9,17H,10H2,1-3H3. The van der Waals surface area contributed by atoms with Gasteiger partial charge in [0.05, 0.1) is 27.9 Å². The molecule has 2 aromatic rings. The zero-order valence-electron chi connectivity index (χ0n) is 11.8. The number of benzene rings is 2. The van der Waals surface area contributed by atoms with E-state index in [1.807, 2.05) is 36.4 Å². The minimum Gasteiger partial charge on any atom is -0.497 e. The summed E-state index contributed by atoms with van der Waals surface area (Å²) in [6.45, 7) is -0.0341. The van der Waals surface area contributed by atoms with Crippen LogP contribution < -0.4 is 14.2 Å². The van der Waals surface area contributed by atoms with Crippen LogP contribution in [-0.2, 0) is 6.61 Å². The number of rotatable bonds is 5. The second-order valence-corrected chi connectivity index (χ2v) is 4.25. The van der Waals surface area contributed by atoms with Crippen molar-refractivity contribution in [2.45, 2.75) is 6.61 Å². The molecule has 0 aliphatic heterocycles. The lowest BCUT2D eigenvalue weighted by Crippen LogP contribution is -1.94. The van der Waals surface area contributed by atoms with Crippen LogP contribution in [0.15, 0.2) is 36.4 Å². The molecule has 20 heavy (non-hydrogen) atoms. The van der Waals surface area contributed by atoms with E-state index in [0.29, 0.717) is 11.5 Å². The molecule has 4 heteroatoms. The summed E-state index contributed by atoms with van der Waals surface area (Å²) < 4.78 is 15.8. The Morgan fingerprint density at radius 2 is 1.60 bits per heavy atom. The van der Waals surface area contributed by atoms with E-state index in [2.05, 4.69) is 0 Å². The Morgan fingerprint density at radius 1 is 0.850 bits per heavy atom. The molecule has 106 valence electrons. The van der Waals surface area contributed by atoms with Gasteiger partial charge in [0.15, 0.2) is 11.5 Å². The van der Waals surface area contributed by atoms with E-state index in [9.17, 15) is 5.11 Å². The summed E-state index contributed by atoms with van der Waals surface area (Å²) in [6.07, 6.45) is 0. The molecule has 2 aromatic carbocycles. The molecule has 0 radical (unpaired) electrons. The van der Waals surface area contributed by atoms with Crippen molar-refractivity contribution in [1.29, 1.82) is 0 Å². The summed E-state index contributed by atoms with van der Waals surface area (Å²) in [5.74, 6) is 2.06. The monoisotopic (exact) mass is 274 g/mol. The lowest BCUT2D eigenvalue weighted by atomic mass is 9.99. The normalized spacial score (nSPS) is 10.2. The third-order valence-electron chi connectivity index (χ3n) is 3.18. The van der Waals surface area contributed by atoms with Crippen molar-refractivity contribution in [2.24, 2.45) is 0 Å². The number of aliphatic hydroxyl groups is 1. The van der Waals surface area contributed by atoms with Crippen LogP contribution in [0.1, 0.15) is 5.56 Å². The van der Waals surface area contributed by atoms with Crippen LogP contribution in [0.5, 0.6) is 17.2 Å². The van der Waals surface area contributed by atoms with Gasteiger partial charge in [-0.15, -0.1) is 0 Å². The molecule has 0 unspecified atom stereocenters. The van der Waals surface area contributed by atoms with Crippen LogP contribution in [-0.4, -0.2) is 26.4 Å². The Bertz CT molecular complexity index is 593. The molecule has 4 nitrogen and oxygen atoms in total. The zero-order chi connectivity index (χ0) is 14.5. The van der Waals surface area contributed by atoms with Gasteiger partial charge in [0, 0.05) is 0 Å². The SMILES string of the molecule is COc1ccc(CO)c(-c2ccc(OC)c(OC)c2)c1. The first kappa shape index (κ1) is 14.2. The topological polar surface area (TPSA) is 47.9 Å². The van der Waals surface area contributed by atoms with Crippen LogP contribution in [0, 0.1) is 0 Å². The van der Waals surface area contributed by atoms with Gasteiger partial charge < -0.3 is 19.3 Å². The predicted octanol–water partition coefficient (Wildman–Crippen LogP) is 2.87. The lowest BCUT2D eigenvalue weighted by Gasteiger charge is -2.13. The number of aliphatic hydroxyl groups excluding tert-OH is 1. The van der Waals surface area contributed by atoms with Gasteiger partial charge in [0.25, 0.3) is 0 Å². The van der Waals surface area contributed by atoms with Gasteiger partial charge in [-0.1, -0.05) is 12.1 Å². The highest BCUT2D eigenvalue weighted by molar-refractivity contribution is 5.71. The van der Waals surface area contributed by atoms with Crippen LogP contribution in [0.3, 0.4) is 0 Å². The maximum absolute atomic E-state index is 9.47. The van der Waals surface area contributed by atoms with Crippen LogP contribution in [0.25, 0.3) is 11.1 Å². The minimum absolute atomic E-state index is 0.0341. The Kier molecular flexibility index (Phi) is 4.48. The molecule has 0 saturated heterocycles. The van der Waals surface area contributed by atoms with Crippen molar-refractivity contribution >= 4 is 0 Å². The van der Waals surface area contributed by atoms with Gasteiger partial charge in [-0.3, -0.25) is 0 Å².